The SMILES string of the molecule is CCN(CC)c1ccc(CS[C@@H]2CC3=CC(=O)CC[C@]3(C)[C@H]3CC[C@]4(C)C(=O)CC[C@H]4[C@H]23)cc1. The largest absolute Gasteiger partial charge is 0.372 e. The van der Waals surface area contributed by atoms with Crippen molar-refractivity contribution < 1.29 is 9.59 Å². The number of benzene rings is 1. The van der Waals surface area contributed by atoms with Gasteiger partial charge in [0.05, 0.1) is 0 Å². The highest BCUT2D eigenvalue weighted by molar-refractivity contribution is 7.99. The highest BCUT2D eigenvalue weighted by atomic mass is 32.2. The van der Waals surface area contributed by atoms with Gasteiger partial charge in [-0.2, -0.15) is 11.8 Å². The third kappa shape index (κ3) is 3.88. The predicted molar refractivity (Wildman–Crippen MR) is 142 cm³/mol. The van der Waals surface area contributed by atoms with Gasteiger partial charge in [0.15, 0.2) is 5.78 Å². The maximum atomic E-state index is 13.0. The predicted octanol–water partition coefficient (Wildman–Crippen LogP) is 6.85. The molecule has 184 valence electrons. The summed E-state index contributed by atoms with van der Waals surface area (Å²) in [5.41, 5.74) is 4.11. The Hall–Kier alpha value is -1.55. The molecule has 5 rings (SSSR count). The van der Waals surface area contributed by atoms with Crippen LogP contribution in [0.5, 0.6) is 0 Å². The number of carbonyl (C=O) groups excluding carboxylic acids is 2. The third-order valence-corrected chi connectivity index (χ3v) is 11.6. The molecule has 0 aliphatic heterocycles. The van der Waals surface area contributed by atoms with Gasteiger partial charge >= 0.3 is 0 Å². The van der Waals surface area contributed by atoms with E-state index in [1.54, 1.807) is 0 Å². The van der Waals surface area contributed by atoms with Gasteiger partial charge in [0.2, 0.25) is 0 Å². The number of rotatable bonds is 6. The zero-order valence-electron chi connectivity index (χ0n) is 21.4. The maximum absolute atomic E-state index is 13.0. The second-order valence-corrected chi connectivity index (χ2v) is 12.9. The number of Topliss-reactive ketones (excluding diaryl/α,β-unsaturated/α-hetero) is 1. The Balaban J connectivity index is 1.41. The molecule has 0 amide bonds. The van der Waals surface area contributed by atoms with Crippen molar-refractivity contribution in [1.29, 1.82) is 0 Å². The van der Waals surface area contributed by atoms with Crippen LogP contribution >= 0.6 is 11.8 Å². The summed E-state index contributed by atoms with van der Waals surface area (Å²) < 4.78 is 0. The lowest BCUT2D eigenvalue weighted by Gasteiger charge is -2.59. The first-order valence-corrected chi connectivity index (χ1v) is 14.6. The quantitative estimate of drug-likeness (QED) is 0.447. The fourth-order valence-corrected chi connectivity index (χ4v) is 9.54. The molecule has 1 aromatic carbocycles. The van der Waals surface area contributed by atoms with Crippen LogP contribution < -0.4 is 4.90 Å². The molecule has 0 heterocycles. The summed E-state index contributed by atoms with van der Waals surface area (Å²) in [6.07, 6.45) is 8.75. The molecule has 4 heteroatoms. The van der Waals surface area contributed by atoms with Crippen molar-refractivity contribution in [2.45, 2.75) is 83.6 Å². The molecule has 4 aliphatic carbocycles. The van der Waals surface area contributed by atoms with E-state index in [1.165, 1.54) is 16.8 Å². The standard InChI is InChI=1S/C30H41NO2S/c1-5-31(6-2)22-9-7-20(8-10-22)19-34-26-18-21-17-23(32)13-15-29(21,3)25-14-16-30(4)24(28(25)26)11-12-27(30)33/h7-10,17,24-26,28H,5-6,11-16,18-19H2,1-4H3/t24-,25-,26+,28-,29-,30-/m0/s1. The number of carbonyl (C=O) groups is 2. The number of anilines is 1. The van der Waals surface area contributed by atoms with Gasteiger partial charge < -0.3 is 4.90 Å². The molecule has 4 aliphatic rings. The fraction of sp³-hybridized carbons (Fsp3) is 0.667. The summed E-state index contributed by atoms with van der Waals surface area (Å²) in [6.45, 7) is 11.2. The number of thioether (sulfide) groups is 1. The second kappa shape index (κ2) is 9.15. The van der Waals surface area contributed by atoms with Crippen LogP contribution in [-0.2, 0) is 15.3 Å². The monoisotopic (exact) mass is 479 g/mol. The number of ketones is 2. The molecule has 0 bridgehead atoms. The lowest BCUT2D eigenvalue weighted by molar-refractivity contribution is -0.132. The van der Waals surface area contributed by atoms with E-state index in [4.69, 9.17) is 0 Å². The van der Waals surface area contributed by atoms with Gasteiger partial charge in [0.25, 0.3) is 0 Å². The van der Waals surface area contributed by atoms with E-state index in [2.05, 4.69) is 68.6 Å². The van der Waals surface area contributed by atoms with E-state index >= 15 is 0 Å². The summed E-state index contributed by atoms with van der Waals surface area (Å²) in [5, 5.41) is 0.494. The minimum absolute atomic E-state index is 0.118. The minimum Gasteiger partial charge on any atom is -0.372 e. The number of hydrogen-bond donors (Lipinski definition) is 0. The molecule has 3 nitrogen and oxygen atoms in total. The van der Waals surface area contributed by atoms with Crippen molar-refractivity contribution in [2.24, 2.45) is 28.6 Å². The average Bonchev–Trinajstić information content (AvgIpc) is 3.14. The molecule has 0 aromatic heterocycles. The van der Waals surface area contributed by atoms with Crippen molar-refractivity contribution in [2.75, 3.05) is 18.0 Å². The Morgan fingerprint density at radius 2 is 1.65 bits per heavy atom. The fourth-order valence-electron chi connectivity index (χ4n) is 8.04. The van der Waals surface area contributed by atoms with Crippen LogP contribution in [0.4, 0.5) is 5.69 Å². The lowest BCUT2D eigenvalue weighted by atomic mass is 9.47. The molecule has 0 unspecified atom stereocenters. The molecule has 0 spiro atoms. The van der Waals surface area contributed by atoms with Crippen LogP contribution in [0, 0.1) is 28.6 Å². The topological polar surface area (TPSA) is 37.4 Å². The van der Waals surface area contributed by atoms with Gasteiger partial charge in [-0.15, -0.1) is 0 Å². The van der Waals surface area contributed by atoms with E-state index in [1.807, 2.05) is 6.08 Å². The first-order chi connectivity index (χ1) is 16.3. The van der Waals surface area contributed by atoms with Gasteiger partial charge in [-0.3, -0.25) is 9.59 Å². The summed E-state index contributed by atoms with van der Waals surface area (Å²) in [6, 6.07) is 9.11. The van der Waals surface area contributed by atoms with E-state index in [0.717, 1.165) is 57.4 Å². The summed E-state index contributed by atoms with van der Waals surface area (Å²) in [5.74, 6) is 3.53. The molecule has 3 saturated carbocycles. The van der Waals surface area contributed by atoms with E-state index in [9.17, 15) is 9.59 Å². The number of allylic oxidation sites excluding steroid dienone is 1. The first kappa shape index (κ1) is 24.2. The summed E-state index contributed by atoms with van der Waals surface area (Å²) >= 11 is 2.09. The normalized spacial score (nSPS) is 37.0. The molecular weight excluding hydrogens is 438 g/mol. The first-order valence-electron chi connectivity index (χ1n) is 13.5. The van der Waals surface area contributed by atoms with Crippen molar-refractivity contribution >= 4 is 29.0 Å². The number of hydrogen-bond acceptors (Lipinski definition) is 4. The van der Waals surface area contributed by atoms with Crippen LogP contribution in [0.3, 0.4) is 0 Å². The lowest BCUT2D eigenvalue weighted by Crippen LogP contribution is -2.54. The Bertz CT molecular complexity index is 980. The second-order valence-electron chi connectivity index (χ2n) is 11.7. The Labute approximate surface area is 210 Å². The van der Waals surface area contributed by atoms with E-state index < -0.39 is 0 Å². The van der Waals surface area contributed by atoms with Gasteiger partial charge in [-0.25, -0.2) is 0 Å². The maximum Gasteiger partial charge on any atom is 0.155 e. The zero-order chi connectivity index (χ0) is 24.1. The highest BCUT2D eigenvalue weighted by Crippen LogP contribution is 2.66. The molecule has 34 heavy (non-hydrogen) atoms. The van der Waals surface area contributed by atoms with Crippen LogP contribution in [0.1, 0.15) is 78.2 Å². The van der Waals surface area contributed by atoms with E-state index in [-0.39, 0.29) is 10.8 Å². The van der Waals surface area contributed by atoms with Crippen molar-refractivity contribution in [3.8, 4) is 0 Å². The van der Waals surface area contributed by atoms with Crippen LogP contribution in [0.25, 0.3) is 0 Å². The summed E-state index contributed by atoms with van der Waals surface area (Å²) in [7, 11) is 0. The molecule has 0 saturated heterocycles. The Morgan fingerprint density at radius 3 is 2.35 bits per heavy atom. The van der Waals surface area contributed by atoms with E-state index in [0.29, 0.717) is 41.0 Å². The van der Waals surface area contributed by atoms with Gasteiger partial charge in [-0.1, -0.05) is 31.6 Å². The van der Waals surface area contributed by atoms with Crippen LogP contribution in [0.15, 0.2) is 35.9 Å². The van der Waals surface area contributed by atoms with Crippen LogP contribution in [0.2, 0.25) is 0 Å². The van der Waals surface area contributed by atoms with Crippen molar-refractivity contribution in [3.63, 3.8) is 0 Å². The Kier molecular flexibility index (Phi) is 6.50. The summed E-state index contributed by atoms with van der Waals surface area (Å²) in [4.78, 5) is 27.7. The van der Waals surface area contributed by atoms with Gasteiger partial charge in [-0.05, 0) is 92.9 Å². The van der Waals surface area contributed by atoms with Gasteiger partial charge in [0, 0.05) is 48.0 Å². The number of fused-ring (bicyclic) bond motifs is 5. The molecular formula is C30H41NO2S. The smallest absolute Gasteiger partial charge is 0.155 e. The Morgan fingerprint density at radius 1 is 0.941 bits per heavy atom. The minimum atomic E-state index is -0.118. The average molecular weight is 480 g/mol. The van der Waals surface area contributed by atoms with Crippen LogP contribution in [-0.4, -0.2) is 29.9 Å². The molecule has 1 aromatic rings. The highest BCUT2D eigenvalue weighted by Gasteiger charge is 2.61. The zero-order valence-corrected chi connectivity index (χ0v) is 22.3. The molecule has 0 radical (unpaired) electrons. The van der Waals surface area contributed by atoms with Crippen molar-refractivity contribution in [1.82, 2.24) is 0 Å². The molecule has 0 N–H and O–H groups in total. The number of nitrogens with zero attached hydrogens (tertiary/aromatic N) is 1. The third-order valence-electron chi connectivity index (χ3n) is 10.2. The van der Waals surface area contributed by atoms with Crippen molar-refractivity contribution in [3.05, 3.63) is 41.5 Å². The molecule has 6 atom stereocenters. The molecule has 3 fully saturated rings. The van der Waals surface area contributed by atoms with Gasteiger partial charge in [0.1, 0.15) is 5.78 Å².